The molecule has 0 bridgehead atoms. The van der Waals surface area contributed by atoms with Gasteiger partial charge in [0.2, 0.25) is 5.90 Å². The van der Waals surface area contributed by atoms with Gasteiger partial charge in [-0.15, -0.1) is 0 Å². The normalized spacial score (nSPS) is 17.6. The zero-order chi connectivity index (χ0) is 30.1. The first kappa shape index (κ1) is 30.3. The number of rotatable bonds is 13. The van der Waals surface area contributed by atoms with Gasteiger partial charge in [0.05, 0.1) is 13.7 Å². The highest BCUT2D eigenvalue weighted by Crippen LogP contribution is 2.42. The summed E-state index contributed by atoms with van der Waals surface area (Å²) in [5.74, 6) is 1.66. The van der Waals surface area contributed by atoms with Crippen LogP contribution in [-0.2, 0) is 22.4 Å². The fraction of sp³-hybridized carbons (Fsp3) is 0.257. The third-order valence-corrected chi connectivity index (χ3v) is 7.92. The minimum absolute atomic E-state index is 0.0744. The fourth-order valence-electron chi connectivity index (χ4n) is 5.20. The van der Waals surface area contributed by atoms with Crippen molar-refractivity contribution in [3.05, 3.63) is 130 Å². The summed E-state index contributed by atoms with van der Waals surface area (Å²) in [7, 11) is 1.65. The zero-order valence-corrected chi connectivity index (χ0v) is 25.6. The number of carbonyl (C=O) groups excluding carboxylic acids is 1. The van der Waals surface area contributed by atoms with Crippen LogP contribution in [0.15, 0.2) is 113 Å². The van der Waals surface area contributed by atoms with Crippen molar-refractivity contribution in [1.82, 2.24) is 5.32 Å². The number of aliphatic hydroxyl groups excluding tert-OH is 1. The summed E-state index contributed by atoms with van der Waals surface area (Å²) in [6.45, 7) is 0.910. The number of ether oxygens (including phenoxy) is 3. The van der Waals surface area contributed by atoms with Gasteiger partial charge in [0, 0.05) is 36.0 Å². The summed E-state index contributed by atoms with van der Waals surface area (Å²) in [6, 6.07) is 33.0. The quantitative estimate of drug-likeness (QED) is 0.173. The van der Waals surface area contributed by atoms with Gasteiger partial charge in [-0.1, -0.05) is 76.6 Å². The first-order valence-corrected chi connectivity index (χ1v) is 15.1. The summed E-state index contributed by atoms with van der Waals surface area (Å²) in [4.78, 5) is 19.5. The van der Waals surface area contributed by atoms with E-state index in [0.717, 1.165) is 32.5 Å². The highest BCUT2D eigenvalue weighted by atomic mass is 79.9. The van der Waals surface area contributed by atoms with Gasteiger partial charge in [0.25, 0.3) is 5.91 Å². The van der Waals surface area contributed by atoms with E-state index in [1.807, 2.05) is 103 Å². The van der Waals surface area contributed by atoms with E-state index >= 15 is 0 Å². The first-order valence-electron chi connectivity index (χ1n) is 14.3. The van der Waals surface area contributed by atoms with Crippen LogP contribution in [0.1, 0.15) is 34.8 Å². The summed E-state index contributed by atoms with van der Waals surface area (Å²) < 4.78 is 18.8. The van der Waals surface area contributed by atoms with E-state index < -0.39 is 11.6 Å². The minimum atomic E-state index is -1.26. The topological polar surface area (TPSA) is 89.4 Å². The highest BCUT2D eigenvalue weighted by Gasteiger charge is 2.53. The molecule has 0 spiro atoms. The molecule has 8 heteroatoms. The van der Waals surface area contributed by atoms with E-state index in [4.69, 9.17) is 24.3 Å². The molecule has 0 aliphatic carbocycles. The smallest absolute Gasteiger partial charge is 0.252 e. The van der Waals surface area contributed by atoms with Crippen molar-refractivity contribution in [3.8, 4) is 11.5 Å². The van der Waals surface area contributed by atoms with Crippen molar-refractivity contribution < 1.29 is 24.1 Å². The zero-order valence-electron chi connectivity index (χ0n) is 24.0. The van der Waals surface area contributed by atoms with Gasteiger partial charge in [-0.2, -0.15) is 0 Å². The van der Waals surface area contributed by atoms with Gasteiger partial charge in [-0.25, -0.2) is 4.99 Å². The maximum atomic E-state index is 14.4. The van der Waals surface area contributed by atoms with Crippen LogP contribution in [0.25, 0.3) is 0 Å². The van der Waals surface area contributed by atoms with Crippen molar-refractivity contribution >= 4 is 27.7 Å². The second-order valence-electron chi connectivity index (χ2n) is 10.3. The molecular formula is C35H35BrN2O5. The third-order valence-electron chi connectivity index (χ3n) is 7.39. The van der Waals surface area contributed by atoms with E-state index in [1.165, 1.54) is 0 Å². The number of para-hydroxylation sites is 1. The molecule has 1 heterocycles. The number of aliphatic imine (C=N–C) groups is 1. The molecule has 2 N–H and O–H groups in total. The summed E-state index contributed by atoms with van der Waals surface area (Å²) in [6.07, 6.45) is 0.849. The van der Waals surface area contributed by atoms with Gasteiger partial charge < -0.3 is 24.6 Å². The van der Waals surface area contributed by atoms with E-state index in [2.05, 4.69) is 21.2 Å². The third kappa shape index (κ3) is 7.27. The number of carbonyl (C=O) groups is 1. The molecule has 0 saturated carbocycles. The number of halogens is 1. The number of hydrogen-bond donors (Lipinski definition) is 2. The van der Waals surface area contributed by atoms with Crippen LogP contribution >= 0.6 is 15.9 Å². The van der Waals surface area contributed by atoms with Crippen LogP contribution in [-0.4, -0.2) is 49.3 Å². The SMILES string of the molecule is COc1ccccc1CCNC(=O)[C@]1(Cc2ccc(Br)cc2)N=C(c2ccc(OCCCO)cc2)O[C@@H]1c1ccccc1. The molecule has 5 rings (SSSR count). The number of methoxy groups -OCH3 is 1. The van der Waals surface area contributed by atoms with E-state index in [9.17, 15) is 4.79 Å². The number of aliphatic hydroxyl groups is 1. The molecule has 4 aromatic rings. The Bertz CT molecular complexity index is 1530. The van der Waals surface area contributed by atoms with Crippen molar-refractivity contribution in [2.75, 3.05) is 26.9 Å². The van der Waals surface area contributed by atoms with Gasteiger partial charge >= 0.3 is 0 Å². The lowest BCUT2D eigenvalue weighted by Crippen LogP contribution is -2.50. The van der Waals surface area contributed by atoms with E-state index in [1.54, 1.807) is 7.11 Å². The Morgan fingerprint density at radius 1 is 0.977 bits per heavy atom. The van der Waals surface area contributed by atoms with Crippen molar-refractivity contribution in [2.24, 2.45) is 4.99 Å². The average molecular weight is 644 g/mol. The lowest BCUT2D eigenvalue weighted by molar-refractivity contribution is -0.128. The van der Waals surface area contributed by atoms with Crippen LogP contribution in [0.2, 0.25) is 0 Å². The molecule has 2 atom stereocenters. The Kier molecular flexibility index (Phi) is 10.1. The molecule has 0 fully saturated rings. The Morgan fingerprint density at radius 2 is 1.70 bits per heavy atom. The molecule has 7 nitrogen and oxygen atoms in total. The Morgan fingerprint density at radius 3 is 2.42 bits per heavy atom. The summed E-state index contributed by atoms with van der Waals surface area (Å²) in [5, 5.41) is 12.2. The van der Waals surface area contributed by atoms with Gasteiger partial charge in [-0.3, -0.25) is 4.79 Å². The predicted molar refractivity (Wildman–Crippen MR) is 171 cm³/mol. The fourth-order valence-corrected chi connectivity index (χ4v) is 5.46. The molecule has 0 saturated heterocycles. The second kappa shape index (κ2) is 14.4. The van der Waals surface area contributed by atoms with Gasteiger partial charge in [0.15, 0.2) is 11.6 Å². The first-order chi connectivity index (χ1) is 21.0. The standard InChI is InChI=1S/C35H35BrN2O5/c1-41-31-11-6-5-8-26(31)20-21-37-34(40)35(24-25-12-16-29(36)17-13-25)32(27-9-3-2-4-10-27)43-33(38-35)28-14-18-30(19-15-28)42-23-7-22-39/h2-6,8-19,32,39H,7,20-24H2,1H3,(H,37,40)/t32-,35-/m1/s1. The molecule has 43 heavy (non-hydrogen) atoms. The van der Waals surface area contributed by atoms with Crippen LogP contribution in [0.5, 0.6) is 11.5 Å². The van der Waals surface area contributed by atoms with Crippen LogP contribution in [0.4, 0.5) is 0 Å². The van der Waals surface area contributed by atoms with Crippen LogP contribution in [0, 0.1) is 0 Å². The second-order valence-corrected chi connectivity index (χ2v) is 11.2. The Labute approximate surface area is 260 Å². The van der Waals surface area contributed by atoms with Crippen LogP contribution < -0.4 is 14.8 Å². The lowest BCUT2D eigenvalue weighted by atomic mass is 9.82. The summed E-state index contributed by atoms with van der Waals surface area (Å²) in [5.41, 5.74) is 2.32. The molecule has 222 valence electrons. The van der Waals surface area contributed by atoms with Crippen molar-refractivity contribution in [3.63, 3.8) is 0 Å². The molecular weight excluding hydrogens is 608 g/mol. The average Bonchev–Trinajstić information content (AvgIpc) is 3.43. The number of benzene rings is 4. The van der Waals surface area contributed by atoms with Crippen molar-refractivity contribution in [1.29, 1.82) is 0 Å². The van der Waals surface area contributed by atoms with E-state index in [0.29, 0.717) is 44.1 Å². The largest absolute Gasteiger partial charge is 0.496 e. The highest BCUT2D eigenvalue weighted by molar-refractivity contribution is 9.10. The monoisotopic (exact) mass is 642 g/mol. The lowest BCUT2D eigenvalue weighted by Gasteiger charge is -2.31. The molecule has 0 unspecified atom stereocenters. The molecule has 0 aromatic heterocycles. The number of nitrogens with zero attached hydrogens (tertiary/aromatic N) is 1. The molecule has 4 aromatic carbocycles. The van der Waals surface area contributed by atoms with E-state index in [-0.39, 0.29) is 12.5 Å². The molecule has 1 aliphatic rings. The maximum absolute atomic E-state index is 14.4. The molecule has 1 aliphatic heterocycles. The Hall–Kier alpha value is -4.14. The van der Waals surface area contributed by atoms with Gasteiger partial charge in [-0.05, 0) is 65.6 Å². The van der Waals surface area contributed by atoms with Crippen LogP contribution in [0.3, 0.4) is 0 Å². The van der Waals surface area contributed by atoms with Crippen molar-refractivity contribution in [2.45, 2.75) is 30.9 Å². The number of nitrogens with one attached hydrogen (secondary N) is 1. The minimum Gasteiger partial charge on any atom is -0.496 e. The summed E-state index contributed by atoms with van der Waals surface area (Å²) >= 11 is 3.52. The number of hydrogen-bond acceptors (Lipinski definition) is 6. The molecule has 0 radical (unpaired) electrons. The predicted octanol–water partition coefficient (Wildman–Crippen LogP) is 6.08. The van der Waals surface area contributed by atoms with Gasteiger partial charge in [0.1, 0.15) is 11.5 Å². The molecule has 1 amide bonds. The maximum Gasteiger partial charge on any atom is 0.252 e. The number of amides is 1. The Balaban J connectivity index is 1.49.